The van der Waals surface area contributed by atoms with Crippen molar-refractivity contribution in [2.45, 2.75) is 38.1 Å². The van der Waals surface area contributed by atoms with Gasteiger partial charge >= 0.3 is 0 Å². The Kier molecular flexibility index (Phi) is 6.93. The SMILES string of the molecule is CN(C)CCCCCC[N+](C)(C)C1CCN(c2ccc(N)cc2)C1. The van der Waals surface area contributed by atoms with E-state index in [2.05, 4.69) is 50.1 Å². The van der Waals surface area contributed by atoms with Crippen molar-refractivity contribution in [2.24, 2.45) is 0 Å². The van der Waals surface area contributed by atoms with Gasteiger partial charge in [0.25, 0.3) is 0 Å². The topological polar surface area (TPSA) is 32.5 Å². The van der Waals surface area contributed by atoms with Crippen molar-refractivity contribution < 1.29 is 4.48 Å². The minimum Gasteiger partial charge on any atom is -0.399 e. The number of unbranched alkanes of at least 4 members (excludes halogenated alkanes) is 3. The third-order valence-electron chi connectivity index (χ3n) is 5.50. The molecule has 0 aliphatic carbocycles. The van der Waals surface area contributed by atoms with Crippen molar-refractivity contribution in [3.63, 3.8) is 0 Å². The zero-order valence-electron chi connectivity index (χ0n) is 16.2. The molecule has 1 atom stereocenters. The third kappa shape index (κ3) is 5.67. The molecular weight excluding hydrogens is 296 g/mol. The molecule has 0 amide bonds. The van der Waals surface area contributed by atoms with E-state index in [1.165, 1.54) is 57.4 Å². The fraction of sp³-hybridized carbons (Fsp3) is 0.700. The molecule has 1 aliphatic heterocycles. The van der Waals surface area contributed by atoms with Gasteiger partial charge in [0.15, 0.2) is 0 Å². The predicted octanol–water partition coefficient (Wildman–Crippen LogP) is 3.05. The third-order valence-corrected chi connectivity index (χ3v) is 5.50. The average molecular weight is 334 g/mol. The number of hydrogen-bond acceptors (Lipinski definition) is 3. The number of anilines is 2. The Morgan fingerprint density at radius 1 is 1.08 bits per heavy atom. The Morgan fingerprint density at radius 3 is 2.42 bits per heavy atom. The fourth-order valence-electron chi connectivity index (χ4n) is 3.72. The Morgan fingerprint density at radius 2 is 1.75 bits per heavy atom. The number of hydrogen-bond donors (Lipinski definition) is 1. The maximum atomic E-state index is 5.80. The quantitative estimate of drug-likeness (QED) is 0.428. The van der Waals surface area contributed by atoms with Crippen molar-refractivity contribution in [1.82, 2.24) is 4.90 Å². The van der Waals surface area contributed by atoms with Gasteiger partial charge in [-0.25, -0.2) is 0 Å². The van der Waals surface area contributed by atoms with Gasteiger partial charge in [-0.05, 0) is 64.2 Å². The molecule has 0 spiro atoms. The smallest absolute Gasteiger partial charge is 0.108 e. The van der Waals surface area contributed by atoms with E-state index in [0.29, 0.717) is 0 Å². The highest BCUT2D eigenvalue weighted by Crippen LogP contribution is 2.26. The van der Waals surface area contributed by atoms with Gasteiger partial charge in [-0.2, -0.15) is 0 Å². The lowest BCUT2D eigenvalue weighted by Gasteiger charge is -2.36. The Hall–Kier alpha value is -1.26. The number of nitrogens with zero attached hydrogens (tertiary/aromatic N) is 3. The molecule has 2 N–H and O–H groups in total. The van der Waals surface area contributed by atoms with E-state index in [-0.39, 0.29) is 0 Å². The summed E-state index contributed by atoms with van der Waals surface area (Å²) in [6.07, 6.45) is 6.69. The molecule has 1 fully saturated rings. The molecule has 1 heterocycles. The summed E-state index contributed by atoms with van der Waals surface area (Å²) in [6, 6.07) is 9.07. The molecule has 136 valence electrons. The van der Waals surface area contributed by atoms with Crippen LogP contribution in [0, 0.1) is 0 Å². The van der Waals surface area contributed by atoms with E-state index in [0.717, 1.165) is 22.8 Å². The van der Waals surface area contributed by atoms with Crippen LogP contribution in [-0.4, -0.2) is 69.8 Å². The van der Waals surface area contributed by atoms with Gasteiger partial charge in [0.2, 0.25) is 0 Å². The van der Waals surface area contributed by atoms with Crippen LogP contribution in [0.25, 0.3) is 0 Å². The number of benzene rings is 1. The van der Waals surface area contributed by atoms with Crippen LogP contribution in [0.2, 0.25) is 0 Å². The summed E-state index contributed by atoms with van der Waals surface area (Å²) in [4.78, 5) is 4.80. The van der Waals surface area contributed by atoms with Gasteiger partial charge in [0, 0.05) is 24.3 Å². The molecule has 1 aliphatic rings. The van der Waals surface area contributed by atoms with Crippen LogP contribution in [0.1, 0.15) is 32.1 Å². The first-order chi connectivity index (χ1) is 11.4. The molecule has 2 rings (SSSR count). The van der Waals surface area contributed by atoms with Crippen molar-refractivity contribution in [2.75, 3.05) is 65.0 Å². The Bertz CT molecular complexity index is 481. The minimum atomic E-state index is 0.740. The lowest BCUT2D eigenvalue weighted by atomic mass is 10.1. The molecule has 1 unspecified atom stereocenters. The fourth-order valence-corrected chi connectivity index (χ4v) is 3.72. The largest absolute Gasteiger partial charge is 0.399 e. The van der Waals surface area contributed by atoms with Crippen LogP contribution in [0.5, 0.6) is 0 Å². The first-order valence-corrected chi connectivity index (χ1v) is 9.46. The van der Waals surface area contributed by atoms with Crippen LogP contribution in [0.3, 0.4) is 0 Å². The van der Waals surface area contributed by atoms with E-state index >= 15 is 0 Å². The first-order valence-electron chi connectivity index (χ1n) is 9.46. The number of quaternary nitrogens is 1. The summed E-state index contributed by atoms with van der Waals surface area (Å²) in [5, 5.41) is 0. The summed E-state index contributed by atoms with van der Waals surface area (Å²) >= 11 is 0. The van der Waals surface area contributed by atoms with E-state index in [1.54, 1.807) is 0 Å². The van der Waals surface area contributed by atoms with Crippen LogP contribution >= 0.6 is 0 Å². The van der Waals surface area contributed by atoms with E-state index in [4.69, 9.17) is 5.73 Å². The normalized spacial score (nSPS) is 18.5. The number of nitrogens with two attached hydrogens (primary N) is 1. The molecule has 1 saturated heterocycles. The van der Waals surface area contributed by atoms with Gasteiger partial charge in [0.05, 0.1) is 27.2 Å². The number of nitrogen functional groups attached to an aromatic ring is 1. The highest BCUT2D eigenvalue weighted by molar-refractivity contribution is 5.53. The minimum absolute atomic E-state index is 0.740. The van der Waals surface area contributed by atoms with Crippen LogP contribution in [0.15, 0.2) is 24.3 Å². The lowest BCUT2D eigenvalue weighted by Crippen LogP contribution is -2.50. The van der Waals surface area contributed by atoms with Gasteiger partial charge in [-0.15, -0.1) is 0 Å². The molecule has 0 radical (unpaired) electrons. The molecule has 0 bridgehead atoms. The van der Waals surface area contributed by atoms with Crippen molar-refractivity contribution >= 4 is 11.4 Å². The highest BCUT2D eigenvalue weighted by atomic mass is 15.4. The molecule has 1 aromatic rings. The zero-order valence-corrected chi connectivity index (χ0v) is 16.2. The van der Waals surface area contributed by atoms with Gasteiger partial charge < -0.3 is 20.0 Å². The maximum Gasteiger partial charge on any atom is 0.108 e. The molecule has 0 saturated carbocycles. The standard InChI is InChI=1S/C20H37N4/c1-22(2)14-7-5-6-8-16-24(3,4)20-13-15-23(17-20)19-11-9-18(21)10-12-19/h9-12,20H,5-8,13-17,21H2,1-4H3/q+1. The van der Waals surface area contributed by atoms with Gasteiger partial charge in [-0.1, -0.05) is 6.42 Å². The monoisotopic (exact) mass is 333 g/mol. The summed E-state index contributed by atoms with van der Waals surface area (Å²) in [6.45, 7) is 4.84. The number of rotatable bonds is 9. The first kappa shape index (κ1) is 19.1. The zero-order chi connectivity index (χ0) is 17.6. The maximum absolute atomic E-state index is 5.80. The van der Waals surface area contributed by atoms with Gasteiger partial charge in [-0.3, -0.25) is 0 Å². The molecule has 0 aromatic heterocycles. The Balaban J connectivity index is 1.73. The van der Waals surface area contributed by atoms with Gasteiger partial charge in [0.1, 0.15) is 6.04 Å². The van der Waals surface area contributed by atoms with Crippen molar-refractivity contribution in [3.05, 3.63) is 24.3 Å². The summed E-state index contributed by atoms with van der Waals surface area (Å²) in [5.74, 6) is 0. The van der Waals surface area contributed by atoms with E-state index in [1.807, 2.05) is 12.1 Å². The second-order valence-electron chi connectivity index (χ2n) is 8.20. The second-order valence-corrected chi connectivity index (χ2v) is 8.20. The molecule has 24 heavy (non-hydrogen) atoms. The van der Waals surface area contributed by atoms with E-state index < -0.39 is 0 Å². The number of likely N-dealkylation sites (N-methyl/N-ethyl adjacent to an activating group) is 1. The molecule has 4 nitrogen and oxygen atoms in total. The van der Waals surface area contributed by atoms with Crippen molar-refractivity contribution in [1.29, 1.82) is 0 Å². The van der Waals surface area contributed by atoms with Crippen LogP contribution in [-0.2, 0) is 0 Å². The average Bonchev–Trinajstić information content (AvgIpc) is 3.02. The summed E-state index contributed by atoms with van der Waals surface area (Å²) in [7, 11) is 9.15. The molecular formula is C20H37N4+. The van der Waals surface area contributed by atoms with E-state index in [9.17, 15) is 0 Å². The highest BCUT2D eigenvalue weighted by Gasteiger charge is 2.34. The van der Waals surface area contributed by atoms with Crippen LogP contribution in [0.4, 0.5) is 11.4 Å². The summed E-state index contributed by atoms with van der Waals surface area (Å²) in [5.41, 5.74) is 7.97. The molecule has 1 aromatic carbocycles. The summed E-state index contributed by atoms with van der Waals surface area (Å²) < 4.78 is 1.15. The lowest BCUT2D eigenvalue weighted by molar-refractivity contribution is -0.912. The Labute approximate surface area is 148 Å². The van der Waals surface area contributed by atoms with Crippen LogP contribution < -0.4 is 10.6 Å². The second kappa shape index (κ2) is 8.72. The molecule has 4 heteroatoms. The predicted molar refractivity (Wildman–Crippen MR) is 105 cm³/mol. The van der Waals surface area contributed by atoms with Crippen molar-refractivity contribution in [3.8, 4) is 0 Å².